The van der Waals surface area contributed by atoms with Gasteiger partial charge in [0.2, 0.25) is 5.89 Å². The van der Waals surface area contributed by atoms with E-state index >= 15 is 0 Å². The zero-order valence-electron chi connectivity index (χ0n) is 11.9. The van der Waals surface area contributed by atoms with Gasteiger partial charge < -0.3 is 14.4 Å². The Hall–Kier alpha value is -1.62. The molecule has 0 bridgehead atoms. The molecule has 0 amide bonds. The molecule has 0 saturated carbocycles. The van der Waals surface area contributed by atoms with Crippen molar-refractivity contribution in [2.75, 3.05) is 6.54 Å². The maximum atomic E-state index is 5.21. The molecule has 0 aliphatic heterocycles. The van der Waals surface area contributed by atoms with E-state index in [1.165, 1.54) is 5.69 Å². The maximum absolute atomic E-state index is 5.21. The van der Waals surface area contributed by atoms with Crippen LogP contribution in [-0.4, -0.2) is 21.3 Å². The minimum absolute atomic E-state index is 0.321. The summed E-state index contributed by atoms with van der Waals surface area (Å²) >= 11 is 0. The second-order valence-electron chi connectivity index (χ2n) is 4.69. The van der Waals surface area contributed by atoms with Crippen molar-refractivity contribution in [2.24, 2.45) is 0 Å². The molecule has 2 rings (SSSR count). The molecule has 5 nitrogen and oxygen atoms in total. The summed E-state index contributed by atoms with van der Waals surface area (Å²) in [6.07, 6.45) is 3.92. The lowest BCUT2D eigenvalue weighted by atomic mass is 10.2. The fourth-order valence-corrected chi connectivity index (χ4v) is 2.20. The molecule has 1 unspecified atom stereocenters. The number of aromatic nitrogens is 3. The van der Waals surface area contributed by atoms with Crippen molar-refractivity contribution < 1.29 is 4.52 Å². The van der Waals surface area contributed by atoms with E-state index in [1.54, 1.807) is 0 Å². The van der Waals surface area contributed by atoms with Gasteiger partial charge in [-0.3, -0.25) is 0 Å². The van der Waals surface area contributed by atoms with E-state index in [4.69, 9.17) is 4.52 Å². The Morgan fingerprint density at radius 1 is 1.42 bits per heavy atom. The van der Waals surface area contributed by atoms with Crippen LogP contribution in [0.2, 0.25) is 0 Å². The minimum atomic E-state index is 0.321. The number of aryl methyl sites for hydroxylation is 1. The van der Waals surface area contributed by atoms with Gasteiger partial charge in [0.1, 0.15) is 0 Å². The Morgan fingerprint density at radius 3 is 3.00 bits per heavy atom. The van der Waals surface area contributed by atoms with Gasteiger partial charge in [0.05, 0.1) is 6.54 Å². The van der Waals surface area contributed by atoms with Crippen molar-refractivity contribution in [3.63, 3.8) is 0 Å². The molecule has 0 spiro atoms. The normalized spacial score (nSPS) is 12.8. The Morgan fingerprint density at radius 2 is 2.26 bits per heavy atom. The summed E-state index contributed by atoms with van der Waals surface area (Å²) in [4.78, 5) is 4.40. The summed E-state index contributed by atoms with van der Waals surface area (Å²) in [6.45, 7) is 7.99. The van der Waals surface area contributed by atoms with Crippen molar-refractivity contribution in [2.45, 2.75) is 46.2 Å². The van der Waals surface area contributed by atoms with E-state index in [2.05, 4.69) is 59.1 Å². The van der Waals surface area contributed by atoms with Crippen LogP contribution in [-0.2, 0) is 13.0 Å². The summed E-state index contributed by atoms with van der Waals surface area (Å²) in [5.41, 5.74) is 1.24. The third-order valence-electron chi connectivity index (χ3n) is 3.10. The number of nitrogens with zero attached hydrogens (tertiary/aromatic N) is 3. The first-order chi connectivity index (χ1) is 9.24. The van der Waals surface area contributed by atoms with Gasteiger partial charge in [-0.15, -0.1) is 0 Å². The number of hydrogen-bond acceptors (Lipinski definition) is 4. The van der Waals surface area contributed by atoms with E-state index in [0.717, 1.165) is 31.1 Å². The Kier molecular flexibility index (Phi) is 4.74. The molecule has 2 heterocycles. The molecular weight excluding hydrogens is 240 g/mol. The van der Waals surface area contributed by atoms with Gasteiger partial charge in [-0.2, -0.15) is 4.98 Å². The molecule has 0 aromatic carbocycles. The summed E-state index contributed by atoms with van der Waals surface area (Å²) in [5.74, 6) is 1.47. The Balaban J connectivity index is 2.08. The fourth-order valence-electron chi connectivity index (χ4n) is 2.20. The maximum Gasteiger partial charge on any atom is 0.226 e. The third-order valence-corrected chi connectivity index (χ3v) is 3.10. The molecule has 0 aliphatic carbocycles. The highest BCUT2D eigenvalue weighted by Crippen LogP contribution is 2.14. The molecule has 2 aromatic rings. The zero-order valence-corrected chi connectivity index (χ0v) is 11.9. The minimum Gasteiger partial charge on any atom is -0.342 e. The summed E-state index contributed by atoms with van der Waals surface area (Å²) < 4.78 is 7.37. The predicted octanol–water partition coefficient (Wildman–Crippen LogP) is 2.54. The van der Waals surface area contributed by atoms with Crippen molar-refractivity contribution in [1.29, 1.82) is 0 Å². The zero-order chi connectivity index (χ0) is 13.7. The van der Waals surface area contributed by atoms with Gasteiger partial charge in [0.15, 0.2) is 5.82 Å². The summed E-state index contributed by atoms with van der Waals surface area (Å²) in [6, 6.07) is 4.50. The first-order valence-corrected chi connectivity index (χ1v) is 6.94. The van der Waals surface area contributed by atoms with Crippen LogP contribution in [0.4, 0.5) is 0 Å². The van der Waals surface area contributed by atoms with Crippen LogP contribution < -0.4 is 5.32 Å². The molecule has 2 aromatic heterocycles. The third kappa shape index (κ3) is 3.44. The lowest BCUT2D eigenvalue weighted by Crippen LogP contribution is -2.21. The van der Waals surface area contributed by atoms with Crippen LogP contribution in [0, 0.1) is 0 Å². The first-order valence-electron chi connectivity index (χ1n) is 6.94. The van der Waals surface area contributed by atoms with Gasteiger partial charge in [-0.05, 0) is 32.0 Å². The molecule has 0 saturated heterocycles. The van der Waals surface area contributed by atoms with Gasteiger partial charge >= 0.3 is 0 Å². The van der Waals surface area contributed by atoms with Crippen molar-refractivity contribution >= 4 is 0 Å². The molecule has 1 atom stereocenters. The van der Waals surface area contributed by atoms with Crippen LogP contribution in [0.15, 0.2) is 22.9 Å². The molecule has 104 valence electrons. The van der Waals surface area contributed by atoms with E-state index in [9.17, 15) is 0 Å². The molecule has 0 fully saturated rings. The van der Waals surface area contributed by atoms with Gasteiger partial charge in [-0.25, -0.2) is 0 Å². The highest BCUT2D eigenvalue weighted by molar-refractivity contribution is 5.12. The second kappa shape index (κ2) is 6.52. The number of hydrogen-bond donors (Lipinski definition) is 1. The van der Waals surface area contributed by atoms with Crippen LogP contribution in [0.5, 0.6) is 0 Å². The smallest absolute Gasteiger partial charge is 0.226 e. The Bertz CT molecular complexity index is 503. The topological polar surface area (TPSA) is 55.9 Å². The summed E-state index contributed by atoms with van der Waals surface area (Å²) in [7, 11) is 0. The van der Waals surface area contributed by atoms with Crippen molar-refractivity contribution in [1.82, 2.24) is 20.0 Å². The first kappa shape index (κ1) is 13.8. The van der Waals surface area contributed by atoms with E-state index < -0.39 is 0 Å². The molecular formula is C14H22N4O. The molecule has 1 N–H and O–H groups in total. The van der Waals surface area contributed by atoms with Crippen molar-refractivity contribution in [3.8, 4) is 0 Å². The van der Waals surface area contributed by atoms with Crippen LogP contribution in [0.3, 0.4) is 0 Å². The molecule has 0 radical (unpaired) electrons. The highest BCUT2D eigenvalue weighted by Gasteiger charge is 2.11. The van der Waals surface area contributed by atoms with Crippen LogP contribution >= 0.6 is 0 Å². The van der Waals surface area contributed by atoms with E-state index in [-0.39, 0.29) is 0 Å². The van der Waals surface area contributed by atoms with Gasteiger partial charge in [0, 0.05) is 24.4 Å². The van der Waals surface area contributed by atoms with E-state index in [1.807, 2.05) is 0 Å². The lowest BCUT2D eigenvalue weighted by Gasteiger charge is -2.15. The second-order valence-corrected chi connectivity index (χ2v) is 4.69. The standard InChI is InChI=1S/C14H22N4O/c1-4-7-14-16-13(17-19-14)10-18-9-6-8-12(18)11(3)15-5-2/h6,8-9,11,15H,4-5,7,10H2,1-3H3. The van der Waals surface area contributed by atoms with Crippen molar-refractivity contribution in [3.05, 3.63) is 35.7 Å². The summed E-state index contributed by atoms with van der Waals surface area (Å²) in [5, 5.41) is 7.44. The monoisotopic (exact) mass is 262 g/mol. The lowest BCUT2D eigenvalue weighted by molar-refractivity contribution is 0.370. The van der Waals surface area contributed by atoms with Crippen LogP contribution in [0.25, 0.3) is 0 Å². The number of nitrogens with one attached hydrogen (secondary N) is 1. The van der Waals surface area contributed by atoms with E-state index in [0.29, 0.717) is 12.6 Å². The average molecular weight is 262 g/mol. The van der Waals surface area contributed by atoms with Crippen LogP contribution in [0.1, 0.15) is 50.6 Å². The molecule has 5 heteroatoms. The predicted molar refractivity (Wildman–Crippen MR) is 73.9 cm³/mol. The average Bonchev–Trinajstić information content (AvgIpc) is 3.00. The Labute approximate surface area is 114 Å². The van der Waals surface area contributed by atoms with Gasteiger partial charge in [0.25, 0.3) is 0 Å². The quantitative estimate of drug-likeness (QED) is 0.833. The highest BCUT2D eigenvalue weighted by atomic mass is 16.5. The largest absolute Gasteiger partial charge is 0.342 e. The molecule has 0 aliphatic rings. The fraction of sp³-hybridized carbons (Fsp3) is 0.571. The SMILES string of the molecule is CCCc1nc(Cn2cccc2C(C)NCC)no1. The van der Waals surface area contributed by atoms with Gasteiger partial charge in [-0.1, -0.05) is 19.0 Å². The number of rotatable bonds is 7. The molecule has 19 heavy (non-hydrogen) atoms.